The van der Waals surface area contributed by atoms with Gasteiger partial charge in [-0.05, 0) is 18.1 Å². The van der Waals surface area contributed by atoms with Crippen molar-refractivity contribution >= 4 is 23.1 Å². The van der Waals surface area contributed by atoms with E-state index in [1.807, 2.05) is 72.8 Å². The lowest BCUT2D eigenvalue weighted by Crippen LogP contribution is -2.24. The molecule has 0 heterocycles. The summed E-state index contributed by atoms with van der Waals surface area (Å²) >= 11 is 0. The molecule has 4 aromatic carbocycles. The minimum absolute atomic E-state index is 0.857. The summed E-state index contributed by atoms with van der Waals surface area (Å²) in [5.74, 6) is 0. The van der Waals surface area contributed by atoms with Gasteiger partial charge in [-0.1, -0.05) is 115 Å². The molecule has 1 nitrogen and oxygen atoms in total. The maximum atomic E-state index is 14.3. The van der Waals surface area contributed by atoms with Gasteiger partial charge in [-0.15, -0.1) is 0 Å². The summed E-state index contributed by atoms with van der Waals surface area (Å²) in [7, 11) is -2.90. The molecule has 0 atom stereocenters. The van der Waals surface area contributed by atoms with Crippen molar-refractivity contribution in [1.82, 2.24) is 0 Å². The van der Waals surface area contributed by atoms with E-state index in [4.69, 9.17) is 0 Å². The topological polar surface area (TPSA) is 17.1 Å². The summed E-state index contributed by atoms with van der Waals surface area (Å²) in [5, 5.41) is 2.58. The number of hydrogen-bond acceptors (Lipinski definition) is 1. The predicted molar refractivity (Wildman–Crippen MR) is 116 cm³/mol. The van der Waals surface area contributed by atoms with E-state index in [-0.39, 0.29) is 0 Å². The predicted octanol–water partition coefficient (Wildman–Crippen LogP) is 5.30. The van der Waals surface area contributed by atoms with Crippen molar-refractivity contribution in [3.63, 3.8) is 0 Å². The summed E-state index contributed by atoms with van der Waals surface area (Å²) in [6, 6.07) is 36.2. The summed E-state index contributed by atoms with van der Waals surface area (Å²) < 4.78 is 14.3. The third kappa shape index (κ3) is 3.39. The third-order valence-corrected chi connectivity index (χ3v) is 7.93. The molecule has 0 saturated heterocycles. The first-order valence-electron chi connectivity index (χ1n) is 9.07. The lowest BCUT2D eigenvalue weighted by Gasteiger charge is -2.20. The van der Waals surface area contributed by atoms with Crippen LogP contribution < -0.4 is 15.9 Å². The van der Waals surface area contributed by atoms with E-state index < -0.39 is 7.14 Å². The zero-order valence-electron chi connectivity index (χ0n) is 15.2. The van der Waals surface area contributed by atoms with Crippen molar-refractivity contribution in [3.05, 3.63) is 115 Å². The Balaban J connectivity index is 1.82. The molecule has 0 saturated carbocycles. The minimum Gasteiger partial charge on any atom is -0.309 e. The Labute approximate surface area is 160 Å². The summed E-state index contributed by atoms with van der Waals surface area (Å²) in [5.41, 5.74) is 3.54. The van der Waals surface area contributed by atoms with Crippen LogP contribution in [0.4, 0.5) is 0 Å². The van der Waals surface area contributed by atoms with Gasteiger partial charge in [-0.25, -0.2) is 0 Å². The normalized spacial score (nSPS) is 11.3. The Bertz CT molecular complexity index is 1020. The van der Waals surface area contributed by atoms with E-state index in [1.54, 1.807) is 0 Å². The Morgan fingerprint density at radius 3 is 1.30 bits per heavy atom. The fraction of sp³-hybridized carbons (Fsp3) is 0.0400. The van der Waals surface area contributed by atoms with E-state index in [2.05, 4.69) is 43.3 Å². The number of hydrogen-bond donors (Lipinski definition) is 0. The number of benzene rings is 4. The van der Waals surface area contributed by atoms with Gasteiger partial charge in [0.05, 0.1) is 0 Å². The smallest absolute Gasteiger partial charge is 0.171 e. The van der Waals surface area contributed by atoms with Crippen LogP contribution in [0.2, 0.25) is 0 Å². The van der Waals surface area contributed by atoms with Crippen LogP contribution in [0, 0.1) is 6.92 Å². The molecule has 0 radical (unpaired) electrons. The van der Waals surface area contributed by atoms with Gasteiger partial charge in [-0.2, -0.15) is 0 Å². The van der Waals surface area contributed by atoms with Gasteiger partial charge in [-0.3, -0.25) is 0 Å². The van der Waals surface area contributed by atoms with Crippen LogP contribution in [0.15, 0.2) is 109 Å². The standard InChI is InChI=1S/C25H21OP/c1-20-12-14-21(15-13-20)22-16-18-25(19-17-22)27(26,23-8-4-2-5-9-23)24-10-6-3-7-11-24/h2-19H,1H3. The minimum atomic E-state index is -2.90. The molecular formula is C25H21OP. The molecular weight excluding hydrogens is 347 g/mol. The van der Waals surface area contributed by atoms with Crippen molar-refractivity contribution in [3.8, 4) is 11.1 Å². The molecule has 132 valence electrons. The molecule has 0 spiro atoms. The third-order valence-electron chi connectivity index (χ3n) is 4.86. The SMILES string of the molecule is Cc1ccc(-c2ccc(P(=O)(c3ccccc3)c3ccccc3)cc2)cc1. The van der Waals surface area contributed by atoms with Crippen LogP contribution in [0.3, 0.4) is 0 Å². The lowest BCUT2D eigenvalue weighted by atomic mass is 10.0. The summed E-state index contributed by atoms with van der Waals surface area (Å²) in [6.07, 6.45) is 0. The second kappa shape index (κ2) is 7.39. The van der Waals surface area contributed by atoms with Crippen LogP contribution in [-0.4, -0.2) is 0 Å². The van der Waals surface area contributed by atoms with Gasteiger partial charge >= 0.3 is 0 Å². The molecule has 0 amide bonds. The zero-order chi connectivity index (χ0) is 18.7. The average Bonchev–Trinajstić information content (AvgIpc) is 2.75. The van der Waals surface area contributed by atoms with Gasteiger partial charge in [0.2, 0.25) is 0 Å². The molecule has 27 heavy (non-hydrogen) atoms. The summed E-state index contributed by atoms with van der Waals surface area (Å²) in [6.45, 7) is 2.09. The Morgan fingerprint density at radius 1 is 0.481 bits per heavy atom. The fourth-order valence-corrected chi connectivity index (χ4v) is 5.98. The first-order chi connectivity index (χ1) is 13.2. The largest absolute Gasteiger partial charge is 0.309 e. The van der Waals surface area contributed by atoms with Crippen molar-refractivity contribution in [2.24, 2.45) is 0 Å². The van der Waals surface area contributed by atoms with Gasteiger partial charge < -0.3 is 4.57 Å². The maximum Gasteiger partial charge on any atom is 0.171 e. The lowest BCUT2D eigenvalue weighted by molar-refractivity contribution is 0.592. The molecule has 0 aliphatic rings. The highest BCUT2D eigenvalue weighted by Crippen LogP contribution is 2.42. The highest BCUT2D eigenvalue weighted by atomic mass is 31.2. The molecule has 0 bridgehead atoms. The van der Waals surface area contributed by atoms with Gasteiger partial charge in [0, 0.05) is 15.9 Å². The fourth-order valence-electron chi connectivity index (χ4n) is 3.33. The van der Waals surface area contributed by atoms with Crippen LogP contribution in [0.1, 0.15) is 5.56 Å². The van der Waals surface area contributed by atoms with Crippen LogP contribution in [-0.2, 0) is 4.57 Å². The zero-order valence-corrected chi connectivity index (χ0v) is 16.1. The molecule has 0 aromatic heterocycles. The maximum absolute atomic E-state index is 14.3. The van der Waals surface area contributed by atoms with Crippen molar-refractivity contribution in [1.29, 1.82) is 0 Å². The van der Waals surface area contributed by atoms with E-state index in [1.165, 1.54) is 11.1 Å². The van der Waals surface area contributed by atoms with Gasteiger partial charge in [0.25, 0.3) is 0 Å². The van der Waals surface area contributed by atoms with Crippen molar-refractivity contribution < 1.29 is 4.57 Å². The summed E-state index contributed by atoms with van der Waals surface area (Å²) in [4.78, 5) is 0. The van der Waals surface area contributed by atoms with E-state index in [0.29, 0.717) is 0 Å². The highest BCUT2D eigenvalue weighted by molar-refractivity contribution is 7.85. The molecule has 0 N–H and O–H groups in total. The van der Waals surface area contributed by atoms with Gasteiger partial charge in [0.1, 0.15) is 0 Å². The van der Waals surface area contributed by atoms with E-state index >= 15 is 0 Å². The molecule has 0 aliphatic carbocycles. The van der Waals surface area contributed by atoms with Crippen LogP contribution in [0.5, 0.6) is 0 Å². The second-order valence-electron chi connectivity index (χ2n) is 6.69. The molecule has 4 rings (SSSR count). The van der Waals surface area contributed by atoms with Crippen molar-refractivity contribution in [2.45, 2.75) is 6.92 Å². The van der Waals surface area contributed by atoms with E-state index in [9.17, 15) is 4.57 Å². The molecule has 0 fully saturated rings. The van der Waals surface area contributed by atoms with Crippen molar-refractivity contribution in [2.75, 3.05) is 0 Å². The monoisotopic (exact) mass is 368 g/mol. The molecule has 0 unspecified atom stereocenters. The first kappa shape index (κ1) is 17.5. The molecule has 4 aromatic rings. The van der Waals surface area contributed by atoms with Crippen LogP contribution in [0.25, 0.3) is 11.1 Å². The molecule has 2 heteroatoms. The highest BCUT2D eigenvalue weighted by Gasteiger charge is 2.29. The Hall–Kier alpha value is -2.89. The second-order valence-corrected chi connectivity index (χ2v) is 9.46. The first-order valence-corrected chi connectivity index (χ1v) is 10.8. The van der Waals surface area contributed by atoms with E-state index in [0.717, 1.165) is 21.5 Å². The quantitative estimate of drug-likeness (QED) is 0.447. The molecule has 0 aliphatic heterocycles. The Morgan fingerprint density at radius 2 is 0.852 bits per heavy atom. The van der Waals surface area contributed by atoms with Gasteiger partial charge in [0.15, 0.2) is 7.14 Å². The Kier molecular flexibility index (Phi) is 4.79. The average molecular weight is 368 g/mol. The number of aryl methyl sites for hydroxylation is 1. The number of rotatable bonds is 4. The van der Waals surface area contributed by atoms with Crippen LogP contribution >= 0.6 is 7.14 Å².